The Labute approximate surface area is 133 Å². The van der Waals surface area contributed by atoms with Crippen molar-refractivity contribution >= 4 is 10.0 Å². The van der Waals surface area contributed by atoms with Crippen LogP contribution in [0.5, 0.6) is 5.75 Å². The smallest absolute Gasteiger partial charge is 0.387 e. The summed E-state index contributed by atoms with van der Waals surface area (Å²) >= 11 is 0. The van der Waals surface area contributed by atoms with Gasteiger partial charge in [-0.25, -0.2) is 17.5 Å². The van der Waals surface area contributed by atoms with Gasteiger partial charge < -0.3 is 10.1 Å². The summed E-state index contributed by atoms with van der Waals surface area (Å²) in [6, 6.07) is 2.58. The second-order valence-electron chi connectivity index (χ2n) is 5.86. The summed E-state index contributed by atoms with van der Waals surface area (Å²) in [5.41, 5.74) is -0.171. The number of rotatable bonds is 6. The van der Waals surface area contributed by atoms with E-state index in [4.69, 9.17) is 0 Å². The van der Waals surface area contributed by atoms with Crippen LogP contribution in [-0.2, 0) is 10.0 Å². The molecule has 0 amide bonds. The zero-order chi connectivity index (χ0) is 17.1. The maximum Gasteiger partial charge on any atom is 0.387 e. The van der Waals surface area contributed by atoms with Gasteiger partial charge in [-0.3, -0.25) is 0 Å². The highest BCUT2D eigenvalue weighted by atomic mass is 32.2. The molecule has 9 heteroatoms. The van der Waals surface area contributed by atoms with Gasteiger partial charge in [0.15, 0.2) is 11.6 Å². The van der Waals surface area contributed by atoms with E-state index in [2.05, 4.69) is 14.8 Å². The molecule has 1 heterocycles. The van der Waals surface area contributed by atoms with Crippen molar-refractivity contribution in [2.45, 2.75) is 31.3 Å². The summed E-state index contributed by atoms with van der Waals surface area (Å²) in [7, 11) is -3.92. The minimum absolute atomic E-state index is 0.171. The first-order valence-corrected chi connectivity index (χ1v) is 8.65. The van der Waals surface area contributed by atoms with E-state index < -0.39 is 28.2 Å². The molecule has 0 spiro atoms. The number of benzene rings is 1. The van der Waals surface area contributed by atoms with Gasteiger partial charge in [-0.1, -0.05) is 6.92 Å². The van der Waals surface area contributed by atoms with E-state index in [-0.39, 0.29) is 16.9 Å². The number of alkyl halides is 2. The van der Waals surface area contributed by atoms with Crippen LogP contribution in [0.1, 0.15) is 19.8 Å². The Morgan fingerprint density at radius 2 is 2.00 bits per heavy atom. The van der Waals surface area contributed by atoms with E-state index in [1.807, 2.05) is 6.92 Å². The Bertz CT molecular complexity index is 647. The molecule has 2 N–H and O–H groups in total. The fraction of sp³-hybridized carbons (Fsp3) is 0.571. The maximum absolute atomic E-state index is 13.7. The van der Waals surface area contributed by atoms with Crippen LogP contribution in [-0.4, -0.2) is 34.7 Å². The van der Waals surface area contributed by atoms with Crippen LogP contribution in [0.25, 0.3) is 0 Å². The number of nitrogens with one attached hydrogen (secondary N) is 2. The Kier molecular flexibility index (Phi) is 5.53. The lowest BCUT2D eigenvalue weighted by atomic mass is 9.81. The first-order valence-electron chi connectivity index (χ1n) is 7.17. The van der Waals surface area contributed by atoms with Crippen LogP contribution in [0, 0.1) is 11.2 Å². The molecule has 0 saturated carbocycles. The molecule has 1 aliphatic rings. The van der Waals surface area contributed by atoms with E-state index >= 15 is 0 Å². The standard InChI is InChI=1S/C14H19F3N2O3S/c1-14(4-6-18-7-5-14)9-19-23(20,21)10-2-3-12(11(15)8-10)22-13(16)17/h2-3,8,13,18-19H,4-7,9H2,1H3. The molecule has 5 nitrogen and oxygen atoms in total. The molecular weight excluding hydrogens is 333 g/mol. The lowest BCUT2D eigenvalue weighted by Gasteiger charge is -2.34. The Morgan fingerprint density at radius 1 is 1.35 bits per heavy atom. The summed E-state index contributed by atoms with van der Waals surface area (Å²) < 4.78 is 68.7. The first-order chi connectivity index (χ1) is 10.7. The van der Waals surface area contributed by atoms with Crippen molar-refractivity contribution in [1.29, 1.82) is 0 Å². The van der Waals surface area contributed by atoms with E-state index in [1.165, 1.54) is 0 Å². The van der Waals surface area contributed by atoms with Gasteiger partial charge in [0, 0.05) is 6.54 Å². The summed E-state index contributed by atoms with van der Waals surface area (Å²) in [4.78, 5) is -0.325. The molecule has 1 aliphatic heterocycles. The zero-order valence-corrected chi connectivity index (χ0v) is 13.4. The molecule has 0 aliphatic carbocycles. The minimum Gasteiger partial charge on any atom is -0.432 e. The largest absolute Gasteiger partial charge is 0.432 e. The predicted molar refractivity (Wildman–Crippen MR) is 78.4 cm³/mol. The van der Waals surface area contributed by atoms with Crippen molar-refractivity contribution in [3.05, 3.63) is 24.0 Å². The molecule has 0 aromatic heterocycles. The maximum atomic E-state index is 13.7. The molecule has 0 unspecified atom stereocenters. The normalized spacial score (nSPS) is 18.1. The van der Waals surface area contributed by atoms with Gasteiger partial charge in [0.2, 0.25) is 10.0 Å². The third-order valence-corrected chi connectivity index (χ3v) is 5.33. The first kappa shape index (κ1) is 18.0. The molecule has 1 aromatic carbocycles. The van der Waals surface area contributed by atoms with Crippen LogP contribution < -0.4 is 14.8 Å². The quantitative estimate of drug-likeness (QED) is 0.823. The molecule has 2 rings (SSSR count). The fourth-order valence-electron chi connectivity index (χ4n) is 2.40. The van der Waals surface area contributed by atoms with E-state index in [9.17, 15) is 21.6 Å². The van der Waals surface area contributed by atoms with E-state index in [1.54, 1.807) is 0 Å². The topological polar surface area (TPSA) is 67.4 Å². The minimum atomic E-state index is -3.92. The molecule has 0 radical (unpaired) electrons. The Balaban J connectivity index is 2.08. The van der Waals surface area contributed by atoms with Crippen molar-refractivity contribution in [2.24, 2.45) is 5.41 Å². The highest BCUT2D eigenvalue weighted by molar-refractivity contribution is 7.89. The third kappa shape index (κ3) is 4.82. The van der Waals surface area contributed by atoms with Gasteiger partial charge in [-0.05, 0) is 49.5 Å². The molecule has 0 bridgehead atoms. The second-order valence-corrected chi connectivity index (χ2v) is 7.62. The number of hydrogen-bond donors (Lipinski definition) is 2. The van der Waals surface area contributed by atoms with Gasteiger partial charge in [-0.2, -0.15) is 8.78 Å². The average molecular weight is 352 g/mol. The van der Waals surface area contributed by atoms with Crippen molar-refractivity contribution in [2.75, 3.05) is 19.6 Å². The molecule has 1 fully saturated rings. The zero-order valence-electron chi connectivity index (χ0n) is 12.6. The van der Waals surface area contributed by atoms with Gasteiger partial charge in [-0.15, -0.1) is 0 Å². The van der Waals surface area contributed by atoms with Gasteiger partial charge in [0.25, 0.3) is 0 Å². The summed E-state index contributed by atoms with van der Waals surface area (Å²) in [6.07, 6.45) is 1.65. The molecular formula is C14H19F3N2O3S. The highest BCUT2D eigenvalue weighted by Crippen LogP contribution is 2.28. The van der Waals surface area contributed by atoms with Crippen molar-refractivity contribution < 1.29 is 26.3 Å². The molecule has 23 heavy (non-hydrogen) atoms. The van der Waals surface area contributed by atoms with Crippen molar-refractivity contribution in [3.8, 4) is 5.75 Å². The van der Waals surface area contributed by atoms with Crippen LogP contribution in [0.15, 0.2) is 23.1 Å². The molecule has 0 atom stereocenters. The Morgan fingerprint density at radius 3 is 2.57 bits per heavy atom. The average Bonchev–Trinajstić information content (AvgIpc) is 2.48. The lowest BCUT2D eigenvalue weighted by molar-refractivity contribution is -0.0522. The highest BCUT2D eigenvalue weighted by Gasteiger charge is 2.29. The van der Waals surface area contributed by atoms with Gasteiger partial charge >= 0.3 is 6.61 Å². The predicted octanol–water partition coefficient (Wildman–Crippen LogP) is 2.10. The van der Waals surface area contributed by atoms with E-state index in [0.717, 1.165) is 38.1 Å². The van der Waals surface area contributed by atoms with Crippen molar-refractivity contribution in [3.63, 3.8) is 0 Å². The van der Waals surface area contributed by atoms with E-state index in [0.29, 0.717) is 6.07 Å². The second kappa shape index (κ2) is 7.06. The summed E-state index contributed by atoms with van der Waals surface area (Å²) in [5, 5.41) is 3.20. The molecule has 1 saturated heterocycles. The molecule has 130 valence electrons. The van der Waals surface area contributed by atoms with Crippen LogP contribution >= 0.6 is 0 Å². The van der Waals surface area contributed by atoms with Gasteiger partial charge in [0.1, 0.15) is 0 Å². The number of piperidine rings is 1. The summed E-state index contributed by atoms with van der Waals surface area (Å²) in [6.45, 7) is 0.661. The number of sulfonamides is 1. The number of ether oxygens (including phenoxy) is 1. The van der Waals surface area contributed by atoms with Crippen molar-refractivity contribution in [1.82, 2.24) is 10.0 Å². The third-order valence-electron chi connectivity index (χ3n) is 3.93. The van der Waals surface area contributed by atoms with Crippen LogP contribution in [0.4, 0.5) is 13.2 Å². The summed E-state index contributed by atoms with van der Waals surface area (Å²) in [5.74, 6) is -1.84. The number of halogens is 3. The van der Waals surface area contributed by atoms with Gasteiger partial charge in [0.05, 0.1) is 4.90 Å². The monoisotopic (exact) mass is 352 g/mol. The molecule has 1 aromatic rings. The fourth-order valence-corrected chi connectivity index (χ4v) is 3.61. The van der Waals surface area contributed by atoms with Crippen LogP contribution in [0.3, 0.4) is 0 Å². The number of hydrogen-bond acceptors (Lipinski definition) is 4. The SMILES string of the molecule is CC1(CNS(=O)(=O)c2ccc(OC(F)F)c(F)c2)CCNCC1. The lowest BCUT2D eigenvalue weighted by Crippen LogP contribution is -2.42. The van der Waals surface area contributed by atoms with Crippen LogP contribution in [0.2, 0.25) is 0 Å². The Hall–Kier alpha value is -1.32.